The van der Waals surface area contributed by atoms with Gasteiger partial charge in [0.25, 0.3) is 0 Å². The summed E-state index contributed by atoms with van der Waals surface area (Å²) in [6.07, 6.45) is 2.91. The lowest BCUT2D eigenvalue weighted by molar-refractivity contribution is -0.151. The Balaban J connectivity index is 0.000000282. The van der Waals surface area contributed by atoms with Crippen molar-refractivity contribution < 1.29 is 66.0 Å². The van der Waals surface area contributed by atoms with Crippen LogP contribution in [0.2, 0.25) is 0 Å². The van der Waals surface area contributed by atoms with Crippen LogP contribution in [0.3, 0.4) is 0 Å². The lowest BCUT2D eigenvalue weighted by Gasteiger charge is -2.33. The molecule has 0 bridgehead atoms. The number of likely N-dealkylation sites (N-methyl/N-ethyl adjacent to an activating group) is 1. The molecule has 75 heavy (non-hydrogen) atoms. The maximum atomic E-state index is 14.1. The van der Waals surface area contributed by atoms with Crippen molar-refractivity contribution in [3.63, 3.8) is 0 Å². The molecular weight excluding hydrogens is 975 g/mol. The normalized spacial score (nSPS) is 20.0. The number of Topliss-reactive ketones (excluding diaryl/α,β-unsaturated/α-hetero) is 1. The first-order chi connectivity index (χ1) is 35.3. The van der Waals surface area contributed by atoms with Crippen LogP contribution in [0.1, 0.15) is 106 Å². The first-order valence-corrected chi connectivity index (χ1v) is 25.6. The lowest BCUT2D eigenvalue weighted by Crippen LogP contribution is -2.57. The van der Waals surface area contributed by atoms with Gasteiger partial charge in [-0.2, -0.15) is 0 Å². The number of H-pyrrole nitrogens is 2. The third kappa shape index (κ3) is 15.1. The van der Waals surface area contributed by atoms with Gasteiger partial charge in [0.2, 0.25) is 17.7 Å². The van der Waals surface area contributed by atoms with Gasteiger partial charge in [0.15, 0.2) is 5.78 Å². The van der Waals surface area contributed by atoms with E-state index in [4.69, 9.17) is 23.7 Å². The minimum atomic E-state index is -0.873. The Bertz CT molecular complexity index is 2670. The molecule has 2 aromatic carbocycles. The smallest absolute Gasteiger partial charge is 0.410 e. The number of benzene rings is 2. The molecule has 412 valence electrons. The number of hydrogen-bond donors (Lipinski definition) is 3. The summed E-state index contributed by atoms with van der Waals surface area (Å²) in [7, 11) is 4.45. The monoisotopic (exact) mass is 1050 g/mol. The van der Waals surface area contributed by atoms with Crippen LogP contribution in [0.5, 0.6) is 0 Å². The molecule has 0 spiro atoms. The van der Waals surface area contributed by atoms with Gasteiger partial charge in [-0.3, -0.25) is 28.8 Å². The van der Waals surface area contributed by atoms with Crippen molar-refractivity contribution in [1.29, 1.82) is 0 Å². The quantitative estimate of drug-likeness (QED) is 0.0628. The van der Waals surface area contributed by atoms with Crippen LogP contribution in [0.25, 0.3) is 21.8 Å². The Morgan fingerprint density at radius 3 is 1.64 bits per heavy atom. The molecule has 2 saturated heterocycles. The zero-order valence-electron chi connectivity index (χ0n) is 45.5. The van der Waals surface area contributed by atoms with E-state index in [0.29, 0.717) is 56.2 Å². The van der Waals surface area contributed by atoms with Gasteiger partial charge in [-0.25, -0.2) is 13.6 Å². The number of nitrogens with one attached hydrogen (secondary N) is 3. The van der Waals surface area contributed by atoms with E-state index < -0.39 is 78.1 Å². The van der Waals surface area contributed by atoms with Gasteiger partial charge in [0.1, 0.15) is 35.5 Å². The van der Waals surface area contributed by atoms with Crippen molar-refractivity contribution in [1.82, 2.24) is 30.0 Å². The molecule has 18 nitrogen and oxygen atoms in total. The number of aromatic nitrogens is 2. The molecule has 0 aliphatic carbocycles. The molecule has 2 aliphatic heterocycles. The molecule has 10 atom stereocenters. The van der Waals surface area contributed by atoms with E-state index >= 15 is 0 Å². The van der Waals surface area contributed by atoms with Crippen LogP contribution >= 0.6 is 0 Å². The number of amides is 4. The van der Waals surface area contributed by atoms with Gasteiger partial charge in [-0.15, -0.1) is 0 Å². The van der Waals surface area contributed by atoms with Gasteiger partial charge >= 0.3 is 18.0 Å². The fourth-order valence-electron chi connectivity index (χ4n) is 9.59. The summed E-state index contributed by atoms with van der Waals surface area (Å²) in [5, 5.41) is 4.51. The summed E-state index contributed by atoms with van der Waals surface area (Å²) < 4.78 is 54.9. The van der Waals surface area contributed by atoms with Crippen molar-refractivity contribution >= 4 is 63.3 Å². The number of rotatable bonds is 19. The standard InChI is InChI=1S/C30H42FN3O7.C25H34FN3O5/c1-17(33(7)29(38)41-30(4,5)6)26(36)15-23(18(2)39-8)28(37)34-12-11-27(40-19(3)35)25(34)13-20-16-32-24-14-21(31)9-10-22(20)24;1-6-14(2)24(31)28-23(15(3)33-5)25(32)29-10-9-22(34-16(4)30)21(29)11-17-13-27-20-12-18(26)7-8-19(17)20/h9-10,14,16-18,23,25,27,32H,11-13,15H2,1-8H3;7-8,12-15,21-23,27H,6,9-11H2,1-5H3,(H,28,31)/t17-,18+,23-,25+,27-;14-,15-,21-,22+,23+/m01/s1. The van der Waals surface area contributed by atoms with Crippen LogP contribution in [-0.2, 0) is 65.3 Å². The topological polar surface area (TPSA) is 219 Å². The highest BCUT2D eigenvalue weighted by atomic mass is 19.1. The number of likely N-dealkylation sites (tertiary alicyclic amines) is 2. The Morgan fingerprint density at radius 1 is 0.747 bits per heavy atom. The fourth-order valence-corrected chi connectivity index (χ4v) is 9.59. The highest BCUT2D eigenvalue weighted by Gasteiger charge is 2.45. The van der Waals surface area contributed by atoms with E-state index in [1.807, 2.05) is 13.8 Å². The third-order valence-corrected chi connectivity index (χ3v) is 14.4. The van der Waals surface area contributed by atoms with E-state index in [-0.39, 0.29) is 47.5 Å². The number of hydrogen-bond acceptors (Lipinski definition) is 12. The molecule has 4 heterocycles. The second-order valence-electron chi connectivity index (χ2n) is 20.7. The maximum absolute atomic E-state index is 14.1. The molecule has 2 aromatic heterocycles. The number of ether oxygens (including phenoxy) is 5. The fraction of sp³-hybridized carbons (Fsp3) is 0.582. The number of esters is 2. The Morgan fingerprint density at radius 2 is 1.21 bits per heavy atom. The second kappa shape index (κ2) is 25.9. The first-order valence-electron chi connectivity index (χ1n) is 25.6. The summed E-state index contributed by atoms with van der Waals surface area (Å²) in [6.45, 7) is 17.4. The number of carbonyl (C=O) groups excluding carboxylic acids is 7. The SMILES string of the molecule is CC[C@@H](C)C(=O)N[C@H](C(=O)N1CC[C@H](OC(C)=O)[C@H]1Cc1c[nH]c2cc(F)ccc12)[C@@H](C)OC.CO[C@H](C)[C@H](CC(=O)[C@H](C)N(C)C(=O)OC(C)(C)C)C(=O)N1CC[C@H](OC(C)=O)[C@H]1Cc1c[nH]c2cc(F)ccc12. The summed E-state index contributed by atoms with van der Waals surface area (Å²) in [5.41, 5.74) is 2.29. The van der Waals surface area contributed by atoms with Crippen molar-refractivity contribution in [2.75, 3.05) is 34.4 Å². The molecule has 0 radical (unpaired) electrons. The number of nitrogens with zero attached hydrogens (tertiary/aromatic N) is 3. The summed E-state index contributed by atoms with van der Waals surface area (Å²) in [5.74, 6) is -3.77. The maximum Gasteiger partial charge on any atom is 0.410 e. The van der Waals surface area contributed by atoms with E-state index in [1.165, 1.54) is 64.3 Å². The summed E-state index contributed by atoms with van der Waals surface area (Å²) in [4.78, 5) is 101. The van der Waals surface area contributed by atoms with E-state index in [1.54, 1.807) is 75.9 Å². The van der Waals surface area contributed by atoms with Crippen molar-refractivity contribution in [3.8, 4) is 0 Å². The average molecular weight is 1050 g/mol. The van der Waals surface area contributed by atoms with E-state index in [2.05, 4.69) is 15.3 Å². The molecule has 2 aliphatic rings. The number of methoxy groups -OCH3 is 2. The summed E-state index contributed by atoms with van der Waals surface area (Å²) >= 11 is 0. The second-order valence-corrected chi connectivity index (χ2v) is 20.7. The largest absolute Gasteiger partial charge is 0.460 e. The average Bonchev–Trinajstić information content (AvgIpc) is 4.15. The van der Waals surface area contributed by atoms with E-state index in [0.717, 1.165) is 21.9 Å². The number of carbonyl (C=O) groups is 7. The highest BCUT2D eigenvalue weighted by molar-refractivity contribution is 5.92. The van der Waals surface area contributed by atoms with Crippen LogP contribution in [0.15, 0.2) is 48.8 Å². The molecule has 20 heteroatoms. The minimum Gasteiger partial charge on any atom is -0.460 e. The third-order valence-electron chi connectivity index (χ3n) is 14.4. The highest BCUT2D eigenvalue weighted by Crippen LogP contribution is 2.33. The predicted octanol–water partition coefficient (Wildman–Crippen LogP) is 7.20. The molecule has 0 unspecified atom stereocenters. The molecule has 3 N–H and O–H groups in total. The number of fused-ring (bicyclic) bond motifs is 2. The molecule has 2 fully saturated rings. The van der Waals surface area contributed by atoms with Crippen LogP contribution < -0.4 is 5.32 Å². The van der Waals surface area contributed by atoms with Crippen molar-refractivity contribution in [3.05, 3.63) is 71.6 Å². The van der Waals surface area contributed by atoms with Gasteiger partial charge in [-0.05, 0) is 108 Å². The van der Waals surface area contributed by atoms with Crippen LogP contribution in [-0.4, -0.2) is 155 Å². The Hall–Kier alpha value is -6.41. The zero-order valence-corrected chi connectivity index (χ0v) is 45.5. The number of ketones is 1. The molecule has 6 rings (SSSR count). The van der Waals surface area contributed by atoms with Crippen LogP contribution in [0.4, 0.5) is 13.6 Å². The zero-order chi connectivity index (χ0) is 55.6. The van der Waals surface area contributed by atoms with Gasteiger partial charge in [0, 0.05) is 108 Å². The van der Waals surface area contributed by atoms with E-state index in [9.17, 15) is 42.3 Å². The van der Waals surface area contributed by atoms with Crippen molar-refractivity contribution in [2.24, 2.45) is 11.8 Å². The number of halogens is 2. The van der Waals surface area contributed by atoms with Gasteiger partial charge in [0.05, 0.1) is 36.3 Å². The summed E-state index contributed by atoms with van der Waals surface area (Å²) in [6, 6.07) is 6.31. The molecular formula is C55H76F2N6O12. The van der Waals surface area contributed by atoms with Crippen molar-refractivity contribution in [2.45, 2.75) is 162 Å². The van der Waals surface area contributed by atoms with Gasteiger partial charge < -0.3 is 53.7 Å². The number of aromatic amines is 2. The lowest BCUT2D eigenvalue weighted by atomic mass is 9.91. The van der Waals surface area contributed by atoms with Gasteiger partial charge in [-0.1, -0.05) is 13.8 Å². The molecule has 4 amide bonds. The first kappa shape index (κ1) is 59.5. The molecule has 4 aromatic rings. The molecule has 0 saturated carbocycles. The minimum absolute atomic E-state index is 0.157. The predicted molar refractivity (Wildman–Crippen MR) is 276 cm³/mol. The Labute approximate surface area is 437 Å². The Kier molecular flexibility index (Phi) is 20.5. The van der Waals surface area contributed by atoms with Crippen LogP contribution in [0, 0.1) is 23.5 Å².